The van der Waals surface area contributed by atoms with E-state index in [4.69, 9.17) is 0 Å². The number of nitrogens with zero attached hydrogens (tertiary/aromatic N) is 3. The third-order valence-electron chi connectivity index (χ3n) is 2.32. The predicted molar refractivity (Wildman–Crippen MR) is 66.7 cm³/mol. The molecule has 0 amide bonds. The zero-order valence-electron chi connectivity index (χ0n) is 11.0. The molecule has 0 radical (unpaired) electrons. The Kier molecular flexibility index (Phi) is 5.28. The van der Waals surface area contributed by atoms with Crippen LogP contribution in [-0.2, 0) is 10.0 Å². The molecule has 6 nitrogen and oxygen atoms in total. The number of hydrogen-bond acceptors (Lipinski definition) is 5. The number of anilines is 1. The van der Waals surface area contributed by atoms with Crippen molar-refractivity contribution in [3.05, 3.63) is 12.4 Å². The van der Waals surface area contributed by atoms with E-state index in [9.17, 15) is 21.6 Å². The molecule has 114 valence electrons. The van der Waals surface area contributed by atoms with Crippen LogP contribution in [0.3, 0.4) is 0 Å². The second kappa shape index (κ2) is 6.35. The lowest BCUT2D eigenvalue weighted by Gasteiger charge is -2.22. The maximum atomic E-state index is 12.4. The van der Waals surface area contributed by atoms with Gasteiger partial charge in [0, 0.05) is 13.6 Å². The summed E-state index contributed by atoms with van der Waals surface area (Å²) in [5.41, 5.74) is 0. The molecule has 10 heteroatoms. The Labute approximate surface area is 115 Å². The molecule has 0 bridgehead atoms. The summed E-state index contributed by atoms with van der Waals surface area (Å²) < 4.78 is 62.0. The Morgan fingerprint density at radius 1 is 1.30 bits per heavy atom. The van der Waals surface area contributed by atoms with E-state index in [-0.39, 0.29) is 23.8 Å². The molecule has 1 heterocycles. The molecule has 1 aromatic heterocycles. The Hall–Kier alpha value is -1.42. The third-order valence-corrected chi connectivity index (χ3v) is 4.12. The number of alkyl halides is 3. The van der Waals surface area contributed by atoms with E-state index >= 15 is 0 Å². The zero-order valence-corrected chi connectivity index (χ0v) is 11.8. The Bertz CT molecular complexity index is 530. The van der Waals surface area contributed by atoms with Crippen molar-refractivity contribution in [3.63, 3.8) is 0 Å². The standard InChI is InChI=1S/C10H15F3N4O2S/c1-3-4-17(7-10(11,12)13)20(18,19)8-5-15-9(14-2)16-6-8/h5-6H,3-4,7H2,1-2H3,(H,14,15,16). The second-order valence-corrected chi connectivity index (χ2v) is 5.88. The van der Waals surface area contributed by atoms with Gasteiger partial charge in [0.1, 0.15) is 11.4 Å². The molecule has 0 spiro atoms. The molecular formula is C10H15F3N4O2S. The predicted octanol–water partition coefficient (Wildman–Crippen LogP) is 1.48. The fourth-order valence-corrected chi connectivity index (χ4v) is 2.87. The van der Waals surface area contributed by atoms with E-state index in [1.165, 1.54) is 7.05 Å². The number of rotatable bonds is 6. The van der Waals surface area contributed by atoms with Crippen LogP contribution in [0.15, 0.2) is 17.3 Å². The van der Waals surface area contributed by atoms with E-state index in [2.05, 4.69) is 15.3 Å². The summed E-state index contributed by atoms with van der Waals surface area (Å²) in [6, 6.07) is 0. The van der Waals surface area contributed by atoms with Crippen LogP contribution >= 0.6 is 0 Å². The second-order valence-electron chi connectivity index (χ2n) is 3.95. The van der Waals surface area contributed by atoms with Gasteiger partial charge in [-0.15, -0.1) is 0 Å². The molecule has 0 atom stereocenters. The summed E-state index contributed by atoms with van der Waals surface area (Å²) in [6.45, 7) is -0.161. The average Bonchev–Trinajstić information content (AvgIpc) is 2.37. The van der Waals surface area contributed by atoms with Gasteiger partial charge in [-0.25, -0.2) is 18.4 Å². The maximum Gasteiger partial charge on any atom is 0.402 e. The first-order valence-corrected chi connectivity index (χ1v) is 7.21. The van der Waals surface area contributed by atoms with Crippen molar-refractivity contribution in [1.82, 2.24) is 14.3 Å². The van der Waals surface area contributed by atoms with Crippen molar-refractivity contribution < 1.29 is 21.6 Å². The van der Waals surface area contributed by atoms with Crippen LogP contribution in [0.25, 0.3) is 0 Å². The summed E-state index contributed by atoms with van der Waals surface area (Å²) in [7, 11) is -2.72. The number of aromatic nitrogens is 2. The van der Waals surface area contributed by atoms with Gasteiger partial charge in [0.25, 0.3) is 0 Å². The van der Waals surface area contributed by atoms with Crippen molar-refractivity contribution in [2.45, 2.75) is 24.4 Å². The molecule has 0 fully saturated rings. The van der Waals surface area contributed by atoms with Crippen molar-refractivity contribution in [2.24, 2.45) is 0 Å². The first-order valence-electron chi connectivity index (χ1n) is 5.77. The van der Waals surface area contributed by atoms with Gasteiger partial charge >= 0.3 is 6.18 Å². The molecule has 0 saturated carbocycles. The quantitative estimate of drug-likeness (QED) is 0.861. The topological polar surface area (TPSA) is 75.2 Å². The Morgan fingerprint density at radius 3 is 2.25 bits per heavy atom. The Morgan fingerprint density at radius 2 is 1.85 bits per heavy atom. The van der Waals surface area contributed by atoms with E-state index < -0.39 is 22.7 Å². The van der Waals surface area contributed by atoms with Gasteiger partial charge in [-0.3, -0.25) is 0 Å². The maximum absolute atomic E-state index is 12.4. The van der Waals surface area contributed by atoms with Crippen molar-refractivity contribution in [2.75, 3.05) is 25.5 Å². The largest absolute Gasteiger partial charge is 0.402 e. The summed E-state index contributed by atoms with van der Waals surface area (Å²) in [5.74, 6) is 0.182. The third kappa shape index (κ3) is 4.30. The molecule has 20 heavy (non-hydrogen) atoms. The molecule has 0 aromatic carbocycles. The summed E-state index contributed by atoms with van der Waals surface area (Å²) >= 11 is 0. The van der Waals surface area contributed by atoms with Gasteiger partial charge in [0.2, 0.25) is 16.0 Å². The highest BCUT2D eigenvalue weighted by Gasteiger charge is 2.36. The molecule has 1 N–H and O–H groups in total. The van der Waals surface area contributed by atoms with Crippen LogP contribution in [0.2, 0.25) is 0 Å². The van der Waals surface area contributed by atoms with E-state index in [1.807, 2.05) is 0 Å². The lowest BCUT2D eigenvalue weighted by atomic mass is 10.5. The normalized spacial score (nSPS) is 12.7. The number of nitrogens with one attached hydrogen (secondary N) is 1. The zero-order chi connectivity index (χ0) is 15.4. The molecule has 0 unspecified atom stereocenters. The van der Waals surface area contributed by atoms with Crippen LogP contribution < -0.4 is 5.32 Å². The van der Waals surface area contributed by atoms with E-state index in [0.717, 1.165) is 12.4 Å². The Balaban J connectivity index is 3.08. The van der Waals surface area contributed by atoms with Gasteiger partial charge in [0.15, 0.2) is 0 Å². The molecule has 0 aliphatic heterocycles. The van der Waals surface area contributed by atoms with E-state index in [1.54, 1.807) is 6.92 Å². The molecule has 1 aromatic rings. The van der Waals surface area contributed by atoms with E-state index in [0.29, 0.717) is 4.31 Å². The minimum Gasteiger partial charge on any atom is -0.357 e. The van der Waals surface area contributed by atoms with Crippen LogP contribution in [-0.4, -0.2) is 49.0 Å². The van der Waals surface area contributed by atoms with Gasteiger partial charge in [-0.2, -0.15) is 17.5 Å². The first-order chi connectivity index (χ1) is 9.20. The first kappa shape index (κ1) is 16.6. The van der Waals surface area contributed by atoms with Crippen LogP contribution in [0.1, 0.15) is 13.3 Å². The molecule has 1 rings (SSSR count). The number of hydrogen-bond donors (Lipinski definition) is 1. The van der Waals surface area contributed by atoms with Gasteiger partial charge in [-0.05, 0) is 6.42 Å². The van der Waals surface area contributed by atoms with Gasteiger partial charge in [-0.1, -0.05) is 6.92 Å². The molecular weight excluding hydrogens is 297 g/mol. The van der Waals surface area contributed by atoms with Crippen molar-refractivity contribution in [3.8, 4) is 0 Å². The minimum absolute atomic E-state index is 0.182. The highest BCUT2D eigenvalue weighted by Crippen LogP contribution is 2.22. The highest BCUT2D eigenvalue weighted by molar-refractivity contribution is 7.89. The van der Waals surface area contributed by atoms with Crippen LogP contribution in [0.4, 0.5) is 19.1 Å². The number of halogens is 3. The lowest BCUT2D eigenvalue weighted by molar-refractivity contribution is -0.136. The van der Waals surface area contributed by atoms with Crippen LogP contribution in [0, 0.1) is 0 Å². The SMILES string of the molecule is CCCN(CC(F)(F)F)S(=O)(=O)c1cnc(NC)nc1. The van der Waals surface area contributed by atoms with Crippen molar-refractivity contribution >= 4 is 16.0 Å². The summed E-state index contributed by atoms with van der Waals surface area (Å²) in [5, 5.41) is 2.59. The van der Waals surface area contributed by atoms with Gasteiger partial charge in [0.05, 0.1) is 12.4 Å². The average molecular weight is 312 g/mol. The smallest absolute Gasteiger partial charge is 0.357 e. The molecule has 0 saturated heterocycles. The molecule has 0 aliphatic carbocycles. The lowest BCUT2D eigenvalue weighted by Crippen LogP contribution is -2.39. The summed E-state index contributed by atoms with van der Waals surface area (Å²) in [6.07, 6.45) is -2.38. The fourth-order valence-electron chi connectivity index (χ4n) is 1.46. The minimum atomic E-state index is -4.60. The summed E-state index contributed by atoms with van der Waals surface area (Å²) in [4.78, 5) is 7.02. The number of sulfonamides is 1. The fraction of sp³-hybridized carbons (Fsp3) is 0.600. The molecule has 0 aliphatic rings. The monoisotopic (exact) mass is 312 g/mol. The van der Waals surface area contributed by atoms with Crippen LogP contribution in [0.5, 0.6) is 0 Å². The van der Waals surface area contributed by atoms with Gasteiger partial charge < -0.3 is 5.32 Å². The van der Waals surface area contributed by atoms with Crippen molar-refractivity contribution in [1.29, 1.82) is 0 Å². The highest BCUT2D eigenvalue weighted by atomic mass is 32.2.